The molecule has 2 heterocycles. The van der Waals surface area contributed by atoms with Crippen molar-refractivity contribution in [1.82, 2.24) is 19.1 Å². The Balaban J connectivity index is 1.86. The van der Waals surface area contributed by atoms with Gasteiger partial charge in [0.1, 0.15) is 11.6 Å². The maximum absolute atomic E-state index is 4.19. The number of aromatic nitrogens is 4. The number of aryl methyl sites for hydroxylation is 4. The van der Waals surface area contributed by atoms with Crippen molar-refractivity contribution >= 4 is 0 Å². The monoisotopic (exact) mass is 204 g/mol. The fourth-order valence-electron chi connectivity index (χ4n) is 1.69. The van der Waals surface area contributed by atoms with Crippen molar-refractivity contribution in [3.05, 3.63) is 36.4 Å². The predicted molar refractivity (Wildman–Crippen MR) is 58.5 cm³/mol. The van der Waals surface area contributed by atoms with Crippen LogP contribution in [0.2, 0.25) is 0 Å². The molecule has 0 bridgehead atoms. The van der Waals surface area contributed by atoms with E-state index in [0.717, 1.165) is 31.2 Å². The first-order valence-electron chi connectivity index (χ1n) is 5.23. The number of hydrogen-bond acceptors (Lipinski definition) is 2. The van der Waals surface area contributed by atoms with Crippen LogP contribution in [0.4, 0.5) is 0 Å². The predicted octanol–water partition coefficient (Wildman–Crippen LogP) is 1.79. The average Bonchev–Trinajstić information content (AvgIpc) is 2.78. The van der Waals surface area contributed by atoms with Gasteiger partial charge >= 0.3 is 0 Å². The molecule has 0 saturated carbocycles. The van der Waals surface area contributed by atoms with Gasteiger partial charge in [-0.05, 0) is 20.3 Å². The minimum atomic E-state index is 1.02. The normalized spacial score (nSPS) is 10.8. The smallest absolute Gasteiger partial charge is 0.105 e. The minimum absolute atomic E-state index is 1.02. The van der Waals surface area contributed by atoms with Crippen LogP contribution in [0.15, 0.2) is 24.8 Å². The fraction of sp³-hybridized carbons (Fsp3) is 0.455. The third kappa shape index (κ3) is 2.26. The van der Waals surface area contributed by atoms with Gasteiger partial charge in [-0.3, -0.25) is 0 Å². The van der Waals surface area contributed by atoms with Crippen LogP contribution in [0.25, 0.3) is 0 Å². The Kier molecular flexibility index (Phi) is 2.85. The van der Waals surface area contributed by atoms with E-state index in [1.165, 1.54) is 0 Å². The summed E-state index contributed by atoms with van der Waals surface area (Å²) in [5.41, 5.74) is 0. The Morgan fingerprint density at radius 2 is 1.40 bits per heavy atom. The van der Waals surface area contributed by atoms with E-state index in [9.17, 15) is 0 Å². The topological polar surface area (TPSA) is 35.6 Å². The minimum Gasteiger partial charge on any atom is -0.335 e. The molecule has 4 heteroatoms. The number of nitrogens with zero attached hydrogens (tertiary/aromatic N) is 4. The molecule has 0 N–H and O–H groups in total. The molecule has 0 radical (unpaired) electrons. The first kappa shape index (κ1) is 9.96. The molecule has 0 aliphatic heterocycles. The molecule has 80 valence electrons. The first-order chi connectivity index (χ1) is 7.27. The SMILES string of the molecule is Cc1nccn1CCCn1ccnc1C. The van der Waals surface area contributed by atoms with Gasteiger partial charge in [0, 0.05) is 37.9 Å². The van der Waals surface area contributed by atoms with Gasteiger partial charge in [-0.15, -0.1) is 0 Å². The third-order valence-electron chi connectivity index (χ3n) is 2.65. The van der Waals surface area contributed by atoms with Crippen LogP contribution in [0, 0.1) is 13.8 Å². The second-order valence-corrected chi connectivity index (χ2v) is 3.69. The second kappa shape index (κ2) is 4.29. The summed E-state index contributed by atoms with van der Waals surface area (Å²) in [6.07, 6.45) is 8.84. The Labute approximate surface area is 89.6 Å². The highest BCUT2D eigenvalue weighted by molar-refractivity contribution is 4.90. The van der Waals surface area contributed by atoms with E-state index >= 15 is 0 Å². The van der Waals surface area contributed by atoms with Crippen molar-refractivity contribution in [2.24, 2.45) is 0 Å². The van der Waals surface area contributed by atoms with E-state index in [2.05, 4.69) is 19.1 Å². The number of hydrogen-bond donors (Lipinski definition) is 0. The summed E-state index contributed by atoms with van der Waals surface area (Å²) in [6, 6.07) is 0. The molecular formula is C11H16N4. The summed E-state index contributed by atoms with van der Waals surface area (Å²) in [7, 11) is 0. The molecule has 4 nitrogen and oxygen atoms in total. The molecule has 0 spiro atoms. The molecule has 0 aliphatic rings. The van der Waals surface area contributed by atoms with E-state index in [1.54, 1.807) is 0 Å². The van der Waals surface area contributed by atoms with Crippen LogP contribution in [0.5, 0.6) is 0 Å². The van der Waals surface area contributed by atoms with Gasteiger partial charge in [-0.1, -0.05) is 0 Å². The van der Waals surface area contributed by atoms with Crippen molar-refractivity contribution < 1.29 is 0 Å². The molecule has 0 fully saturated rings. The Morgan fingerprint density at radius 3 is 1.73 bits per heavy atom. The molecule has 2 rings (SSSR count). The Morgan fingerprint density at radius 1 is 0.933 bits per heavy atom. The maximum atomic E-state index is 4.19. The van der Waals surface area contributed by atoms with Gasteiger partial charge in [-0.25, -0.2) is 9.97 Å². The zero-order valence-corrected chi connectivity index (χ0v) is 9.22. The zero-order valence-electron chi connectivity index (χ0n) is 9.22. The molecular weight excluding hydrogens is 188 g/mol. The Bertz CT molecular complexity index is 387. The van der Waals surface area contributed by atoms with Gasteiger partial charge in [-0.2, -0.15) is 0 Å². The van der Waals surface area contributed by atoms with Crippen LogP contribution >= 0.6 is 0 Å². The molecule has 2 aromatic heterocycles. The largest absolute Gasteiger partial charge is 0.335 e. The summed E-state index contributed by atoms with van der Waals surface area (Å²) in [5, 5.41) is 0. The molecule has 0 unspecified atom stereocenters. The highest BCUT2D eigenvalue weighted by Gasteiger charge is 1.98. The van der Waals surface area contributed by atoms with E-state index in [4.69, 9.17) is 0 Å². The highest BCUT2D eigenvalue weighted by Crippen LogP contribution is 2.01. The van der Waals surface area contributed by atoms with Crippen LogP contribution in [-0.2, 0) is 13.1 Å². The van der Waals surface area contributed by atoms with Gasteiger partial charge in [0.25, 0.3) is 0 Å². The van der Waals surface area contributed by atoms with Crippen LogP contribution in [-0.4, -0.2) is 19.1 Å². The first-order valence-corrected chi connectivity index (χ1v) is 5.23. The Hall–Kier alpha value is -1.58. The van der Waals surface area contributed by atoms with Crippen molar-refractivity contribution in [2.45, 2.75) is 33.4 Å². The lowest BCUT2D eigenvalue weighted by Gasteiger charge is -2.06. The van der Waals surface area contributed by atoms with Crippen molar-refractivity contribution in [3.63, 3.8) is 0 Å². The molecule has 2 aromatic rings. The van der Waals surface area contributed by atoms with Crippen molar-refractivity contribution in [1.29, 1.82) is 0 Å². The number of rotatable bonds is 4. The lowest BCUT2D eigenvalue weighted by Crippen LogP contribution is -2.05. The molecule has 0 saturated heterocycles. The van der Waals surface area contributed by atoms with Crippen LogP contribution < -0.4 is 0 Å². The van der Waals surface area contributed by atoms with Crippen LogP contribution in [0.3, 0.4) is 0 Å². The van der Waals surface area contributed by atoms with E-state index < -0.39 is 0 Å². The summed E-state index contributed by atoms with van der Waals surface area (Å²) in [6.45, 7) is 6.10. The van der Waals surface area contributed by atoms with Crippen molar-refractivity contribution in [3.8, 4) is 0 Å². The van der Waals surface area contributed by atoms with Crippen molar-refractivity contribution in [2.75, 3.05) is 0 Å². The third-order valence-corrected chi connectivity index (χ3v) is 2.65. The summed E-state index contributed by atoms with van der Waals surface area (Å²) in [5.74, 6) is 2.16. The van der Waals surface area contributed by atoms with Gasteiger partial charge in [0.05, 0.1) is 0 Å². The van der Waals surface area contributed by atoms with Crippen LogP contribution in [0.1, 0.15) is 18.1 Å². The van der Waals surface area contributed by atoms with E-state index in [0.29, 0.717) is 0 Å². The van der Waals surface area contributed by atoms with Gasteiger partial charge in [0.2, 0.25) is 0 Å². The fourth-order valence-corrected chi connectivity index (χ4v) is 1.69. The number of imidazole rings is 2. The summed E-state index contributed by atoms with van der Waals surface area (Å²) in [4.78, 5) is 8.39. The molecule has 0 aliphatic carbocycles. The maximum Gasteiger partial charge on any atom is 0.105 e. The molecule has 0 atom stereocenters. The van der Waals surface area contributed by atoms with Gasteiger partial charge in [0.15, 0.2) is 0 Å². The highest BCUT2D eigenvalue weighted by atomic mass is 15.1. The quantitative estimate of drug-likeness (QED) is 0.761. The van der Waals surface area contributed by atoms with E-state index in [1.807, 2.05) is 38.6 Å². The lowest BCUT2D eigenvalue weighted by atomic mass is 10.4. The molecule has 0 amide bonds. The molecule has 15 heavy (non-hydrogen) atoms. The zero-order chi connectivity index (χ0) is 10.7. The summed E-state index contributed by atoms with van der Waals surface area (Å²) < 4.78 is 4.35. The second-order valence-electron chi connectivity index (χ2n) is 3.69. The van der Waals surface area contributed by atoms with E-state index in [-0.39, 0.29) is 0 Å². The standard InChI is InChI=1S/C11H16N4/c1-10-12-4-8-14(10)6-3-7-15-9-5-13-11(15)2/h4-5,8-9H,3,6-7H2,1-2H3. The van der Waals surface area contributed by atoms with Gasteiger partial charge < -0.3 is 9.13 Å². The average molecular weight is 204 g/mol. The lowest BCUT2D eigenvalue weighted by molar-refractivity contribution is 0.548. The summed E-state index contributed by atoms with van der Waals surface area (Å²) >= 11 is 0. The molecule has 0 aromatic carbocycles.